The van der Waals surface area contributed by atoms with Crippen LogP contribution in [0.1, 0.15) is 27.6 Å². The molecule has 0 unspecified atom stereocenters. The third-order valence-corrected chi connectivity index (χ3v) is 2.50. The molecule has 0 atom stereocenters. The lowest BCUT2D eigenvalue weighted by Gasteiger charge is -2.00. The summed E-state index contributed by atoms with van der Waals surface area (Å²) >= 11 is 1.90. The zero-order valence-electron chi connectivity index (χ0n) is 6.87. The molecule has 0 aliphatic carbocycles. The molecule has 0 saturated carbocycles. The average Bonchev–Trinajstić information content (AvgIpc) is 2.03. The Bertz CT molecular complexity index is 371. The number of carboxylic acid groups (broad SMARTS) is 1. The van der Waals surface area contributed by atoms with E-state index in [0.29, 0.717) is 9.13 Å². The van der Waals surface area contributed by atoms with E-state index in [1.807, 2.05) is 22.6 Å². The molecule has 1 aromatic rings. The first kappa shape index (κ1) is 10.2. The zero-order chi connectivity index (χ0) is 10.0. The molecule has 4 heteroatoms. The highest BCUT2D eigenvalue weighted by Gasteiger charge is 2.09. The predicted molar refractivity (Wildman–Crippen MR) is 56.1 cm³/mol. The van der Waals surface area contributed by atoms with Gasteiger partial charge in [0.05, 0.1) is 5.56 Å². The lowest BCUT2D eigenvalue weighted by Crippen LogP contribution is -2.01. The van der Waals surface area contributed by atoms with Crippen molar-refractivity contribution in [3.8, 4) is 0 Å². The second-order valence-electron chi connectivity index (χ2n) is 2.56. The molecule has 1 rings (SSSR count). The quantitative estimate of drug-likeness (QED) is 0.671. The number of carbonyl (C=O) groups is 2. The molecule has 1 N–H and O–H groups in total. The van der Waals surface area contributed by atoms with Crippen LogP contribution >= 0.6 is 22.6 Å². The summed E-state index contributed by atoms with van der Waals surface area (Å²) in [4.78, 5) is 21.5. The van der Waals surface area contributed by atoms with Gasteiger partial charge in [0.15, 0.2) is 5.78 Å². The largest absolute Gasteiger partial charge is 0.478 e. The number of carboxylic acids is 1. The lowest BCUT2D eigenvalue weighted by molar-refractivity contribution is 0.0695. The molecule has 0 aliphatic rings. The third kappa shape index (κ3) is 2.27. The van der Waals surface area contributed by atoms with Gasteiger partial charge in [-0.1, -0.05) is 6.07 Å². The van der Waals surface area contributed by atoms with Crippen molar-refractivity contribution in [3.05, 3.63) is 32.9 Å². The van der Waals surface area contributed by atoms with Crippen LogP contribution in [0.2, 0.25) is 0 Å². The molecule has 0 aliphatic heterocycles. The molecule has 0 radical (unpaired) electrons. The van der Waals surface area contributed by atoms with Crippen molar-refractivity contribution in [2.75, 3.05) is 0 Å². The molecule has 0 aromatic heterocycles. The second-order valence-corrected chi connectivity index (χ2v) is 3.72. The number of benzene rings is 1. The molecule has 0 heterocycles. The fourth-order valence-electron chi connectivity index (χ4n) is 0.908. The van der Waals surface area contributed by atoms with Crippen LogP contribution in [-0.2, 0) is 0 Å². The van der Waals surface area contributed by atoms with Gasteiger partial charge in [-0.2, -0.15) is 0 Å². The molecule has 13 heavy (non-hydrogen) atoms. The standard InChI is InChI=1S/C9H7IO3/c1-5(11)6-2-3-7(9(12)13)8(10)4-6/h2-4H,1H3,(H,12,13). The first-order chi connectivity index (χ1) is 6.02. The van der Waals surface area contributed by atoms with E-state index < -0.39 is 5.97 Å². The number of carbonyl (C=O) groups excluding carboxylic acids is 1. The summed E-state index contributed by atoms with van der Waals surface area (Å²) in [5.74, 6) is -1.03. The normalized spacial score (nSPS) is 9.69. The van der Waals surface area contributed by atoms with Gasteiger partial charge in [0, 0.05) is 9.13 Å². The van der Waals surface area contributed by atoms with Gasteiger partial charge in [-0.15, -0.1) is 0 Å². The van der Waals surface area contributed by atoms with Crippen LogP contribution in [-0.4, -0.2) is 16.9 Å². The molecule has 0 spiro atoms. The monoisotopic (exact) mass is 290 g/mol. The summed E-state index contributed by atoms with van der Waals surface area (Å²) in [6.45, 7) is 1.45. The number of aromatic carboxylic acids is 1. The number of hydrogen-bond acceptors (Lipinski definition) is 2. The maximum absolute atomic E-state index is 10.9. The molecule has 68 valence electrons. The van der Waals surface area contributed by atoms with Crippen molar-refractivity contribution in [1.82, 2.24) is 0 Å². The Morgan fingerprint density at radius 3 is 2.38 bits per heavy atom. The first-order valence-corrected chi connectivity index (χ1v) is 4.64. The molecule has 1 aromatic carbocycles. The Kier molecular flexibility index (Phi) is 3.02. The van der Waals surface area contributed by atoms with Gasteiger partial charge >= 0.3 is 5.97 Å². The van der Waals surface area contributed by atoms with E-state index in [-0.39, 0.29) is 11.3 Å². The van der Waals surface area contributed by atoms with E-state index in [2.05, 4.69) is 0 Å². The van der Waals surface area contributed by atoms with E-state index in [4.69, 9.17) is 5.11 Å². The Labute approximate surface area is 88.9 Å². The molecular formula is C9H7IO3. The lowest BCUT2D eigenvalue weighted by atomic mass is 10.1. The van der Waals surface area contributed by atoms with Gasteiger partial charge in [0.2, 0.25) is 0 Å². The number of Topliss-reactive ketones (excluding diaryl/α,β-unsaturated/α-hetero) is 1. The summed E-state index contributed by atoms with van der Waals surface area (Å²) in [5.41, 5.74) is 0.764. The van der Waals surface area contributed by atoms with Gasteiger partial charge in [0.25, 0.3) is 0 Å². The minimum absolute atomic E-state index is 0.0603. The molecule has 0 fully saturated rings. The molecule has 0 bridgehead atoms. The van der Waals surface area contributed by atoms with E-state index in [9.17, 15) is 9.59 Å². The van der Waals surface area contributed by atoms with Gasteiger partial charge in [-0.05, 0) is 41.6 Å². The minimum atomic E-state index is -0.973. The molecule has 0 amide bonds. The van der Waals surface area contributed by atoms with Gasteiger partial charge in [-0.25, -0.2) is 4.79 Å². The fraction of sp³-hybridized carbons (Fsp3) is 0.111. The van der Waals surface area contributed by atoms with Crippen LogP contribution in [0.4, 0.5) is 0 Å². The van der Waals surface area contributed by atoms with Crippen LogP contribution in [0, 0.1) is 3.57 Å². The Morgan fingerprint density at radius 2 is 2.00 bits per heavy atom. The molecule has 3 nitrogen and oxygen atoms in total. The third-order valence-electron chi connectivity index (χ3n) is 1.61. The van der Waals surface area contributed by atoms with Gasteiger partial charge in [-0.3, -0.25) is 4.79 Å². The van der Waals surface area contributed by atoms with Crippen molar-refractivity contribution in [1.29, 1.82) is 0 Å². The van der Waals surface area contributed by atoms with Crippen LogP contribution < -0.4 is 0 Å². The van der Waals surface area contributed by atoms with E-state index in [0.717, 1.165) is 0 Å². The van der Waals surface area contributed by atoms with Crippen LogP contribution in [0.15, 0.2) is 18.2 Å². The summed E-state index contributed by atoms with van der Waals surface area (Å²) in [6.07, 6.45) is 0. The summed E-state index contributed by atoms with van der Waals surface area (Å²) in [5, 5.41) is 8.71. The van der Waals surface area contributed by atoms with Crippen molar-refractivity contribution >= 4 is 34.3 Å². The van der Waals surface area contributed by atoms with Gasteiger partial charge in [0.1, 0.15) is 0 Å². The van der Waals surface area contributed by atoms with E-state index >= 15 is 0 Å². The molecular weight excluding hydrogens is 283 g/mol. The average molecular weight is 290 g/mol. The smallest absolute Gasteiger partial charge is 0.336 e. The summed E-state index contributed by atoms with van der Waals surface area (Å²) < 4.78 is 0.581. The van der Waals surface area contributed by atoms with Crippen molar-refractivity contribution < 1.29 is 14.7 Å². The highest BCUT2D eigenvalue weighted by atomic mass is 127. The predicted octanol–water partition coefficient (Wildman–Crippen LogP) is 2.19. The van der Waals surface area contributed by atoms with Crippen molar-refractivity contribution in [2.24, 2.45) is 0 Å². The second kappa shape index (κ2) is 3.87. The maximum Gasteiger partial charge on any atom is 0.336 e. The number of halogens is 1. The topological polar surface area (TPSA) is 54.4 Å². The van der Waals surface area contributed by atoms with Crippen LogP contribution in [0.25, 0.3) is 0 Å². The number of ketones is 1. The first-order valence-electron chi connectivity index (χ1n) is 3.56. The van der Waals surface area contributed by atoms with E-state index in [1.165, 1.54) is 19.1 Å². The Hall–Kier alpha value is -0.910. The van der Waals surface area contributed by atoms with Crippen molar-refractivity contribution in [3.63, 3.8) is 0 Å². The SMILES string of the molecule is CC(=O)c1ccc(C(=O)O)c(I)c1. The Morgan fingerprint density at radius 1 is 1.38 bits per heavy atom. The summed E-state index contributed by atoms with van der Waals surface area (Å²) in [6, 6.07) is 4.54. The van der Waals surface area contributed by atoms with Gasteiger partial charge < -0.3 is 5.11 Å². The highest BCUT2D eigenvalue weighted by molar-refractivity contribution is 14.1. The maximum atomic E-state index is 10.9. The number of hydrogen-bond donors (Lipinski definition) is 1. The van der Waals surface area contributed by atoms with Crippen LogP contribution in [0.3, 0.4) is 0 Å². The molecule has 0 saturated heterocycles. The highest BCUT2D eigenvalue weighted by Crippen LogP contribution is 2.14. The van der Waals surface area contributed by atoms with Crippen LogP contribution in [0.5, 0.6) is 0 Å². The summed E-state index contributed by atoms with van der Waals surface area (Å²) in [7, 11) is 0. The zero-order valence-corrected chi connectivity index (χ0v) is 9.03. The Balaban J connectivity index is 3.20. The van der Waals surface area contributed by atoms with E-state index in [1.54, 1.807) is 6.07 Å². The number of rotatable bonds is 2. The minimum Gasteiger partial charge on any atom is -0.478 e. The van der Waals surface area contributed by atoms with Crippen molar-refractivity contribution in [2.45, 2.75) is 6.92 Å². The fourth-order valence-corrected chi connectivity index (χ4v) is 1.65.